The van der Waals surface area contributed by atoms with E-state index in [9.17, 15) is 18.0 Å². The third kappa shape index (κ3) is 3.66. The van der Waals surface area contributed by atoms with Crippen molar-refractivity contribution < 1.29 is 45.7 Å². The molecule has 2 atom stereocenters. The molecular formula is C18H25F5O5. The molecule has 2 rings (SSSR count). The zero-order chi connectivity index (χ0) is 21.2. The maximum absolute atomic E-state index is 15.6. The van der Waals surface area contributed by atoms with Gasteiger partial charge in [-0.3, -0.25) is 0 Å². The number of methoxy groups -OCH3 is 1. The Morgan fingerprint density at radius 2 is 1.79 bits per heavy atom. The van der Waals surface area contributed by atoms with E-state index >= 15 is 8.78 Å². The number of halogens is 5. The first-order valence-corrected chi connectivity index (χ1v) is 9.05. The molecule has 28 heavy (non-hydrogen) atoms. The smallest absolute Gasteiger partial charge is 0.446 e. The van der Waals surface area contributed by atoms with Gasteiger partial charge in [0.2, 0.25) is 5.60 Å². The first kappa shape index (κ1) is 23.0. The fourth-order valence-corrected chi connectivity index (χ4v) is 3.78. The Bertz CT molecular complexity index is 587. The van der Waals surface area contributed by atoms with Crippen LogP contribution in [0.4, 0.5) is 22.0 Å². The van der Waals surface area contributed by atoms with E-state index in [1.807, 2.05) is 0 Å². The molecule has 162 valence electrons. The molecule has 0 aromatic carbocycles. The predicted octanol–water partition coefficient (Wildman–Crippen LogP) is 4.01. The first-order chi connectivity index (χ1) is 13.0. The van der Waals surface area contributed by atoms with Gasteiger partial charge in [0.05, 0.1) is 19.8 Å². The molecule has 0 aromatic heterocycles. The van der Waals surface area contributed by atoms with Crippen LogP contribution in [0.3, 0.4) is 0 Å². The van der Waals surface area contributed by atoms with Crippen LogP contribution in [-0.4, -0.2) is 56.4 Å². The van der Waals surface area contributed by atoms with Crippen molar-refractivity contribution in [2.75, 3.05) is 26.9 Å². The number of alkyl halides is 5. The van der Waals surface area contributed by atoms with Crippen LogP contribution in [0.15, 0.2) is 12.2 Å². The van der Waals surface area contributed by atoms with E-state index in [0.29, 0.717) is 12.8 Å². The van der Waals surface area contributed by atoms with Crippen molar-refractivity contribution in [3.8, 4) is 0 Å². The van der Waals surface area contributed by atoms with Gasteiger partial charge >= 0.3 is 23.9 Å². The lowest BCUT2D eigenvalue weighted by Crippen LogP contribution is -2.67. The average molecular weight is 416 g/mol. The Morgan fingerprint density at radius 3 is 2.29 bits per heavy atom. The van der Waals surface area contributed by atoms with E-state index in [1.165, 1.54) is 14.0 Å². The molecule has 0 N–H and O–H groups in total. The molecule has 0 aromatic rings. The lowest BCUT2D eigenvalue weighted by Gasteiger charge is -2.44. The minimum Gasteiger partial charge on any atom is -0.446 e. The Labute approximate surface area is 160 Å². The summed E-state index contributed by atoms with van der Waals surface area (Å²) in [4.78, 5) is 12.1. The van der Waals surface area contributed by atoms with Gasteiger partial charge in [0, 0.05) is 18.6 Å². The van der Waals surface area contributed by atoms with E-state index < -0.39 is 48.6 Å². The summed E-state index contributed by atoms with van der Waals surface area (Å²) >= 11 is 0. The van der Waals surface area contributed by atoms with Crippen LogP contribution in [-0.2, 0) is 23.7 Å². The van der Waals surface area contributed by atoms with E-state index in [4.69, 9.17) is 4.74 Å². The average Bonchev–Trinajstić information content (AvgIpc) is 2.85. The highest BCUT2D eigenvalue weighted by molar-refractivity contribution is 5.87. The van der Waals surface area contributed by atoms with Gasteiger partial charge in [-0.05, 0) is 19.8 Å². The van der Waals surface area contributed by atoms with E-state index in [2.05, 4.69) is 20.8 Å². The number of carbonyl (C=O) groups is 1. The number of ether oxygens (including phenoxy) is 4. The third-order valence-electron chi connectivity index (χ3n) is 5.29. The van der Waals surface area contributed by atoms with Gasteiger partial charge in [-0.15, -0.1) is 0 Å². The highest BCUT2D eigenvalue weighted by Crippen LogP contribution is 2.60. The zero-order valence-corrected chi connectivity index (χ0v) is 15.9. The molecule has 5 nitrogen and oxygen atoms in total. The van der Waals surface area contributed by atoms with Gasteiger partial charge in [0.25, 0.3) is 0 Å². The van der Waals surface area contributed by atoms with Crippen LogP contribution >= 0.6 is 0 Å². The summed E-state index contributed by atoms with van der Waals surface area (Å²) in [5.74, 6) is -11.1. The highest BCUT2D eigenvalue weighted by atomic mass is 19.4. The van der Waals surface area contributed by atoms with Crippen molar-refractivity contribution in [2.24, 2.45) is 5.92 Å². The molecular weight excluding hydrogens is 391 g/mol. The molecule has 1 aliphatic carbocycles. The highest BCUT2D eigenvalue weighted by Gasteiger charge is 2.86. The lowest BCUT2D eigenvalue weighted by molar-refractivity contribution is -0.425. The molecule has 2 aliphatic rings. The van der Waals surface area contributed by atoms with Crippen molar-refractivity contribution in [1.82, 2.24) is 0 Å². The van der Waals surface area contributed by atoms with Crippen LogP contribution in [0.2, 0.25) is 0 Å². The van der Waals surface area contributed by atoms with Crippen molar-refractivity contribution in [1.29, 1.82) is 0 Å². The molecule has 0 amide bonds. The summed E-state index contributed by atoms with van der Waals surface area (Å²) in [5.41, 5.74) is -3.00. The normalized spacial score (nSPS) is 31.0. The molecule has 0 spiro atoms. The summed E-state index contributed by atoms with van der Waals surface area (Å²) in [6.45, 7) is 2.32. The topological polar surface area (TPSA) is 54.0 Å². The minimum absolute atomic E-state index is 0.189. The van der Waals surface area contributed by atoms with Gasteiger partial charge < -0.3 is 18.9 Å². The molecule has 1 aliphatic heterocycles. The SMILES string of the molecule is C=C(C)C(=O)OC1(C2CCCCC2)COC(OCCOC)(C(F)(F)F)C1(F)F. The minimum atomic E-state index is -5.57. The first-order valence-electron chi connectivity index (χ1n) is 9.05. The molecule has 1 heterocycles. The van der Waals surface area contributed by atoms with Gasteiger partial charge in [-0.2, -0.15) is 22.0 Å². The number of carbonyl (C=O) groups excluding carboxylic acids is 1. The Balaban J connectivity index is 2.52. The number of rotatable bonds is 7. The van der Waals surface area contributed by atoms with Gasteiger partial charge in [-0.1, -0.05) is 25.8 Å². The van der Waals surface area contributed by atoms with Gasteiger partial charge in [-0.25, -0.2) is 4.79 Å². The zero-order valence-electron chi connectivity index (χ0n) is 15.9. The van der Waals surface area contributed by atoms with E-state index in [0.717, 1.165) is 6.42 Å². The van der Waals surface area contributed by atoms with Gasteiger partial charge in [0.1, 0.15) is 0 Å². The maximum Gasteiger partial charge on any atom is 0.450 e. The Morgan fingerprint density at radius 1 is 1.18 bits per heavy atom. The van der Waals surface area contributed by atoms with Crippen molar-refractivity contribution >= 4 is 5.97 Å². The standard InChI is InChI=1S/C18H25F5O5/c1-12(2)14(24)28-15(13-7-5-4-6-8-13)11-27-17(16(15,19)20,18(21,22)23)26-10-9-25-3/h13H,1,4-11H2,2-3H3. The number of esters is 1. The van der Waals surface area contributed by atoms with Crippen LogP contribution in [0.5, 0.6) is 0 Å². The van der Waals surface area contributed by atoms with Gasteiger partial charge in [0.15, 0.2) is 0 Å². The summed E-state index contributed by atoms with van der Waals surface area (Å²) in [7, 11) is 1.19. The quantitative estimate of drug-likeness (QED) is 0.272. The summed E-state index contributed by atoms with van der Waals surface area (Å²) in [6.07, 6.45) is -3.35. The fourth-order valence-electron chi connectivity index (χ4n) is 3.78. The van der Waals surface area contributed by atoms with Crippen molar-refractivity contribution in [3.63, 3.8) is 0 Å². The molecule has 0 bridgehead atoms. The molecule has 2 unspecified atom stereocenters. The second-order valence-corrected chi connectivity index (χ2v) is 7.21. The van der Waals surface area contributed by atoms with Crippen LogP contribution < -0.4 is 0 Å². The summed E-state index contributed by atoms with van der Waals surface area (Å²) in [5, 5.41) is 0. The summed E-state index contributed by atoms with van der Waals surface area (Å²) < 4.78 is 91.5. The summed E-state index contributed by atoms with van der Waals surface area (Å²) in [6, 6.07) is 0. The fraction of sp³-hybridized carbons (Fsp3) is 0.833. The number of hydrogen-bond acceptors (Lipinski definition) is 5. The molecule has 2 fully saturated rings. The third-order valence-corrected chi connectivity index (χ3v) is 5.29. The van der Waals surface area contributed by atoms with E-state index in [1.54, 1.807) is 0 Å². The lowest BCUT2D eigenvalue weighted by atomic mass is 9.73. The molecule has 1 saturated carbocycles. The largest absolute Gasteiger partial charge is 0.450 e. The Kier molecular flexibility index (Phi) is 6.77. The second kappa shape index (κ2) is 8.23. The number of hydrogen-bond donors (Lipinski definition) is 0. The van der Waals surface area contributed by atoms with Crippen LogP contribution in [0.1, 0.15) is 39.0 Å². The molecule has 1 saturated heterocycles. The van der Waals surface area contributed by atoms with E-state index in [-0.39, 0.29) is 25.0 Å². The second-order valence-electron chi connectivity index (χ2n) is 7.21. The van der Waals surface area contributed by atoms with Crippen molar-refractivity contribution in [3.05, 3.63) is 12.2 Å². The van der Waals surface area contributed by atoms with Crippen molar-refractivity contribution in [2.45, 2.75) is 62.5 Å². The van der Waals surface area contributed by atoms with Crippen LogP contribution in [0.25, 0.3) is 0 Å². The molecule has 0 radical (unpaired) electrons. The molecule has 10 heteroatoms. The predicted molar refractivity (Wildman–Crippen MR) is 87.7 cm³/mol. The maximum atomic E-state index is 15.6. The monoisotopic (exact) mass is 416 g/mol. The van der Waals surface area contributed by atoms with Crippen LogP contribution in [0, 0.1) is 5.92 Å². The Hall–Kier alpha value is -1.26.